The monoisotopic (exact) mass is 399 g/mol. The second-order valence-corrected chi connectivity index (χ2v) is 7.19. The highest BCUT2D eigenvalue weighted by Crippen LogP contribution is 2.23. The topological polar surface area (TPSA) is 56.9 Å². The second kappa shape index (κ2) is 6.77. The van der Waals surface area contributed by atoms with Crippen molar-refractivity contribution in [2.24, 2.45) is 0 Å². The molecule has 2 aromatic carbocycles. The van der Waals surface area contributed by atoms with E-state index in [1.807, 2.05) is 42.5 Å². The first kappa shape index (κ1) is 17.5. The third-order valence-electron chi connectivity index (χ3n) is 5.01. The Morgan fingerprint density at radius 3 is 2.55 bits per heavy atom. The van der Waals surface area contributed by atoms with Crippen molar-refractivity contribution < 1.29 is 0 Å². The van der Waals surface area contributed by atoms with Gasteiger partial charge >= 0.3 is 5.69 Å². The molecule has 0 N–H and O–H groups in total. The Morgan fingerprint density at radius 1 is 0.966 bits per heavy atom. The number of para-hydroxylation sites is 1. The molecule has 5 nitrogen and oxygen atoms in total. The maximum absolute atomic E-state index is 13.1. The summed E-state index contributed by atoms with van der Waals surface area (Å²) in [6.07, 6.45) is 2.25. The molecule has 0 spiro atoms. The largest absolute Gasteiger partial charge is 0.337 e. The lowest BCUT2D eigenvalue weighted by Gasteiger charge is -2.11. The van der Waals surface area contributed by atoms with Crippen molar-refractivity contribution >= 4 is 22.5 Å². The van der Waals surface area contributed by atoms with Gasteiger partial charge in [0.2, 0.25) is 0 Å². The van der Waals surface area contributed by atoms with Crippen molar-refractivity contribution in [3.05, 3.63) is 103 Å². The number of pyridine rings is 1. The van der Waals surface area contributed by atoms with Crippen molar-refractivity contribution in [2.45, 2.75) is 13.0 Å². The predicted molar refractivity (Wildman–Crippen MR) is 113 cm³/mol. The summed E-state index contributed by atoms with van der Waals surface area (Å²) in [4.78, 5) is 30.4. The molecular weight excluding hydrogens is 386 g/mol. The van der Waals surface area contributed by atoms with E-state index in [1.54, 1.807) is 16.7 Å². The van der Waals surface area contributed by atoms with E-state index in [4.69, 9.17) is 11.6 Å². The Morgan fingerprint density at radius 2 is 1.76 bits per heavy atom. The number of hydrogen-bond acceptors (Lipinski definition) is 3. The maximum atomic E-state index is 13.1. The zero-order chi connectivity index (χ0) is 20.0. The molecule has 2 aromatic heterocycles. The maximum Gasteiger partial charge on any atom is 0.337 e. The number of nitrogens with zero attached hydrogens (tertiary/aromatic N) is 3. The molecule has 0 aliphatic carbocycles. The van der Waals surface area contributed by atoms with Crippen LogP contribution in [0.25, 0.3) is 16.7 Å². The van der Waals surface area contributed by atoms with E-state index in [9.17, 15) is 9.59 Å². The first-order valence-corrected chi connectivity index (χ1v) is 9.52. The van der Waals surface area contributed by atoms with Crippen LogP contribution < -0.4 is 11.2 Å². The van der Waals surface area contributed by atoms with E-state index in [2.05, 4.69) is 16.8 Å². The van der Waals surface area contributed by atoms with Gasteiger partial charge in [0, 0.05) is 23.9 Å². The van der Waals surface area contributed by atoms with Crippen LogP contribution in [0.15, 0.2) is 70.4 Å². The zero-order valence-electron chi connectivity index (χ0n) is 15.2. The molecule has 5 rings (SSSR count). The molecule has 0 radical (unpaired) electrons. The Labute approximate surface area is 170 Å². The molecule has 1 aliphatic rings. The van der Waals surface area contributed by atoms with E-state index in [0.717, 1.165) is 22.1 Å². The molecule has 1 aliphatic heterocycles. The Kier molecular flexibility index (Phi) is 4.08. The molecule has 6 heteroatoms. The summed E-state index contributed by atoms with van der Waals surface area (Å²) in [5, 5.41) is 0.691. The minimum Gasteiger partial charge on any atom is -0.292 e. The minimum absolute atomic E-state index is 0.120. The summed E-state index contributed by atoms with van der Waals surface area (Å²) >= 11 is 6.41. The molecule has 0 bridgehead atoms. The molecule has 0 amide bonds. The van der Waals surface area contributed by atoms with E-state index >= 15 is 0 Å². The minimum atomic E-state index is -0.426. The Balaban J connectivity index is 1.65. The van der Waals surface area contributed by atoms with E-state index < -0.39 is 11.2 Å². The van der Waals surface area contributed by atoms with Gasteiger partial charge in [0.05, 0.1) is 15.9 Å². The van der Waals surface area contributed by atoms with E-state index in [0.29, 0.717) is 23.0 Å². The summed E-state index contributed by atoms with van der Waals surface area (Å²) in [7, 11) is 0. The SMILES string of the molecule is O=c1c2cccc3c2n(c(=O)n1-c1ncc(C#Cc2ccccc2)cc1Cl)CC3. The van der Waals surface area contributed by atoms with Crippen LogP contribution >= 0.6 is 11.6 Å². The van der Waals surface area contributed by atoms with Gasteiger partial charge in [-0.3, -0.25) is 9.36 Å². The molecule has 0 saturated carbocycles. The number of halogens is 1. The van der Waals surface area contributed by atoms with Crippen molar-refractivity contribution in [1.82, 2.24) is 14.1 Å². The molecule has 0 saturated heterocycles. The molecule has 0 unspecified atom stereocenters. The number of hydrogen-bond donors (Lipinski definition) is 0. The van der Waals surface area contributed by atoms with Gasteiger partial charge < -0.3 is 0 Å². The smallest absolute Gasteiger partial charge is 0.292 e. The number of rotatable bonds is 1. The van der Waals surface area contributed by atoms with Crippen LogP contribution in [0.1, 0.15) is 16.7 Å². The quantitative estimate of drug-likeness (QED) is 0.462. The lowest BCUT2D eigenvalue weighted by molar-refractivity contribution is 0.680. The van der Waals surface area contributed by atoms with Crippen molar-refractivity contribution in [3.8, 4) is 17.7 Å². The number of aromatic nitrogens is 3. The number of benzene rings is 2. The van der Waals surface area contributed by atoms with Gasteiger partial charge in [-0.05, 0) is 36.2 Å². The second-order valence-electron chi connectivity index (χ2n) is 6.78. The third-order valence-corrected chi connectivity index (χ3v) is 5.29. The van der Waals surface area contributed by atoms with Gasteiger partial charge in [0.25, 0.3) is 5.56 Å². The summed E-state index contributed by atoms with van der Waals surface area (Å²) < 4.78 is 2.67. The van der Waals surface area contributed by atoms with Gasteiger partial charge in [-0.2, -0.15) is 0 Å². The summed E-state index contributed by atoms with van der Waals surface area (Å²) in [5.74, 6) is 6.16. The molecule has 0 fully saturated rings. The normalized spacial score (nSPS) is 12.0. The standard InChI is InChI=1S/C23H14ClN3O2/c24-19-13-16(10-9-15-5-2-1-3-6-15)14-25-21(19)27-22(28)18-8-4-7-17-11-12-26(20(17)18)23(27)29/h1-8,13-14H,11-12H2. The fourth-order valence-corrected chi connectivity index (χ4v) is 3.91. The van der Waals surface area contributed by atoms with Gasteiger partial charge in [0.1, 0.15) is 0 Å². The highest BCUT2D eigenvalue weighted by molar-refractivity contribution is 6.32. The van der Waals surface area contributed by atoms with Crippen LogP contribution in [0, 0.1) is 11.8 Å². The van der Waals surface area contributed by atoms with Gasteiger partial charge in [-0.1, -0.05) is 53.8 Å². The van der Waals surface area contributed by atoms with Crippen LogP contribution in [0.5, 0.6) is 0 Å². The van der Waals surface area contributed by atoms with Crippen LogP contribution in [-0.4, -0.2) is 14.1 Å². The van der Waals surface area contributed by atoms with Gasteiger partial charge in [-0.15, -0.1) is 0 Å². The average Bonchev–Trinajstić information content (AvgIpc) is 3.18. The highest BCUT2D eigenvalue weighted by atomic mass is 35.5. The first-order chi connectivity index (χ1) is 14.1. The average molecular weight is 400 g/mol. The molecule has 3 heterocycles. The molecule has 29 heavy (non-hydrogen) atoms. The van der Waals surface area contributed by atoms with Crippen LogP contribution in [0.3, 0.4) is 0 Å². The van der Waals surface area contributed by atoms with Crippen LogP contribution in [-0.2, 0) is 13.0 Å². The van der Waals surface area contributed by atoms with Crippen LogP contribution in [0.2, 0.25) is 5.02 Å². The molecule has 140 valence electrons. The number of aryl methyl sites for hydroxylation is 2. The van der Waals surface area contributed by atoms with E-state index in [-0.39, 0.29) is 10.8 Å². The highest BCUT2D eigenvalue weighted by Gasteiger charge is 2.22. The summed E-state index contributed by atoms with van der Waals surface area (Å²) in [5.41, 5.74) is 2.35. The zero-order valence-corrected chi connectivity index (χ0v) is 16.0. The predicted octanol–water partition coefficient (Wildman–Crippen LogP) is 3.16. The molecular formula is C23H14ClN3O2. The lowest BCUT2D eigenvalue weighted by atomic mass is 10.1. The van der Waals surface area contributed by atoms with Gasteiger partial charge in [0.15, 0.2) is 5.82 Å². The fraction of sp³-hybridized carbons (Fsp3) is 0.0870. The summed E-state index contributed by atoms with van der Waals surface area (Å²) in [6, 6.07) is 16.7. The molecule has 0 atom stereocenters. The van der Waals surface area contributed by atoms with Crippen molar-refractivity contribution in [3.63, 3.8) is 0 Å². The fourth-order valence-electron chi connectivity index (χ4n) is 3.66. The third kappa shape index (κ3) is 2.86. The van der Waals surface area contributed by atoms with Gasteiger partial charge in [-0.25, -0.2) is 14.3 Å². The first-order valence-electron chi connectivity index (χ1n) is 9.14. The van der Waals surface area contributed by atoms with Crippen molar-refractivity contribution in [1.29, 1.82) is 0 Å². The molecule has 4 aromatic rings. The van der Waals surface area contributed by atoms with Crippen LogP contribution in [0.4, 0.5) is 0 Å². The summed E-state index contributed by atoms with van der Waals surface area (Å²) in [6.45, 7) is 0.535. The lowest BCUT2D eigenvalue weighted by Crippen LogP contribution is -2.38. The van der Waals surface area contributed by atoms with E-state index in [1.165, 1.54) is 6.20 Å². The Hall–Kier alpha value is -3.62. The van der Waals surface area contributed by atoms with Crippen molar-refractivity contribution in [2.75, 3.05) is 0 Å². The Bertz CT molecular complexity index is 1460.